The minimum Gasteiger partial charge on any atom is -0.443 e. The van der Waals surface area contributed by atoms with Crippen LogP contribution in [0.4, 0.5) is 27.6 Å². The Morgan fingerprint density at radius 3 is 2.50 bits per heavy atom. The second-order valence-corrected chi connectivity index (χ2v) is 5.15. The topological polar surface area (TPSA) is 55.1 Å². The zero-order chi connectivity index (χ0) is 18.9. The average Bonchev–Trinajstić information content (AvgIpc) is 3.06. The molecule has 0 unspecified atom stereocenters. The number of nitrogens with one attached hydrogen (secondary N) is 1. The summed E-state index contributed by atoms with van der Waals surface area (Å²) >= 11 is 0. The van der Waals surface area contributed by atoms with E-state index in [2.05, 4.69) is 10.3 Å². The predicted octanol–water partition coefficient (Wildman–Crippen LogP) is 4.89. The number of hydrogen-bond acceptors (Lipinski definition) is 3. The highest BCUT2D eigenvalue weighted by Gasteiger charge is 2.35. The highest BCUT2D eigenvalue weighted by Crippen LogP contribution is 2.38. The van der Waals surface area contributed by atoms with Crippen molar-refractivity contribution >= 4 is 11.6 Å². The summed E-state index contributed by atoms with van der Waals surface area (Å²) in [5.41, 5.74) is -2.22. The Morgan fingerprint density at radius 2 is 1.81 bits per heavy atom. The number of carbonyl (C=O) groups is 1. The van der Waals surface area contributed by atoms with Gasteiger partial charge in [-0.25, -0.2) is 13.8 Å². The zero-order valence-corrected chi connectivity index (χ0v) is 12.8. The smallest absolute Gasteiger partial charge is 0.417 e. The number of rotatable bonds is 3. The van der Waals surface area contributed by atoms with Crippen LogP contribution in [0.15, 0.2) is 53.3 Å². The van der Waals surface area contributed by atoms with Gasteiger partial charge in [-0.2, -0.15) is 13.2 Å². The Kier molecular flexibility index (Phi) is 4.45. The second-order valence-electron chi connectivity index (χ2n) is 5.15. The number of benzene rings is 2. The summed E-state index contributed by atoms with van der Waals surface area (Å²) in [6.45, 7) is 0. The Morgan fingerprint density at radius 1 is 1.08 bits per heavy atom. The molecule has 1 heterocycles. The van der Waals surface area contributed by atoms with E-state index < -0.39 is 40.7 Å². The molecule has 0 aliphatic heterocycles. The molecule has 0 saturated carbocycles. The standard InChI is InChI=1S/C17H9F5N2O2/c18-9-5-6-13(12(19)7-9)24-16(25)14-15(26-8-23-14)10-3-1-2-4-11(10)17(20,21)22/h1-8H,(H,24,25). The van der Waals surface area contributed by atoms with Crippen LogP contribution in [0, 0.1) is 11.6 Å². The van der Waals surface area contributed by atoms with E-state index in [0.29, 0.717) is 6.07 Å². The molecule has 0 bridgehead atoms. The lowest BCUT2D eigenvalue weighted by molar-refractivity contribution is -0.137. The number of anilines is 1. The SMILES string of the molecule is O=C(Nc1ccc(F)cc1F)c1ncoc1-c1ccccc1C(F)(F)F. The number of nitrogens with zero attached hydrogens (tertiary/aromatic N) is 1. The third-order valence-electron chi connectivity index (χ3n) is 3.44. The van der Waals surface area contributed by atoms with Crippen LogP contribution in [0.25, 0.3) is 11.3 Å². The van der Waals surface area contributed by atoms with Crippen molar-refractivity contribution in [2.75, 3.05) is 5.32 Å². The van der Waals surface area contributed by atoms with Gasteiger partial charge < -0.3 is 9.73 Å². The normalized spacial score (nSPS) is 11.4. The van der Waals surface area contributed by atoms with Crippen LogP contribution in [0.1, 0.15) is 16.1 Å². The van der Waals surface area contributed by atoms with Crippen molar-refractivity contribution in [3.05, 3.63) is 71.8 Å². The summed E-state index contributed by atoms with van der Waals surface area (Å²) in [5.74, 6) is -3.31. The van der Waals surface area contributed by atoms with Crippen molar-refractivity contribution in [1.82, 2.24) is 4.98 Å². The maximum Gasteiger partial charge on any atom is 0.417 e. The first-order chi connectivity index (χ1) is 12.3. The lowest BCUT2D eigenvalue weighted by Crippen LogP contribution is -2.15. The molecule has 0 aliphatic rings. The molecule has 3 aromatic rings. The Balaban J connectivity index is 1.98. The van der Waals surface area contributed by atoms with Crippen molar-refractivity contribution in [2.24, 2.45) is 0 Å². The van der Waals surface area contributed by atoms with Crippen molar-refractivity contribution in [3.63, 3.8) is 0 Å². The number of halogens is 5. The van der Waals surface area contributed by atoms with Gasteiger partial charge in [0.1, 0.15) is 11.6 Å². The largest absolute Gasteiger partial charge is 0.443 e. The Hall–Kier alpha value is -3.23. The zero-order valence-electron chi connectivity index (χ0n) is 12.8. The quantitative estimate of drug-likeness (QED) is 0.670. The lowest BCUT2D eigenvalue weighted by atomic mass is 10.0. The Bertz CT molecular complexity index is 966. The first-order valence-electron chi connectivity index (χ1n) is 7.14. The molecule has 2 aromatic carbocycles. The first kappa shape index (κ1) is 17.6. The van der Waals surface area contributed by atoms with Gasteiger partial charge >= 0.3 is 6.18 Å². The molecular weight excluding hydrogens is 359 g/mol. The van der Waals surface area contributed by atoms with Crippen LogP contribution < -0.4 is 5.32 Å². The fourth-order valence-corrected chi connectivity index (χ4v) is 2.30. The highest BCUT2D eigenvalue weighted by atomic mass is 19.4. The molecule has 1 aromatic heterocycles. The third-order valence-corrected chi connectivity index (χ3v) is 3.44. The van der Waals surface area contributed by atoms with Crippen LogP contribution in [0.2, 0.25) is 0 Å². The maximum absolute atomic E-state index is 13.6. The number of carbonyl (C=O) groups excluding carboxylic acids is 1. The number of amides is 1. The van der Waals surface area contributed by atoms with Crippen LogP contribution in [-0.4, -0.2) is 10.9 Å². The van der Waals surface area contributed by atoms with Gasteiger partial charge in [0, 0.05) is 11.6 Å². The van der Waals surface area contributed by atoms with Gasteiger partial charge in [0.25, 0.3) is 5.91 Å². The molecule has 0 spiro atoms. The Labute approximate surface area is 143 Å². The average molecular weight is 368 g/mol. The molecule has 1 amide bonds. The molecule has 0 fully saturated rings. The highest BCUT2D eigenvalue weighted by molar-refractivity contribution is 6.06. The van der Waals surface area contributed by atoms with E-state index in [9.17, 15) is 26.7 Å². The van der Waals surface area contributed by atoms with E-state index in [1.54, 1.807) is 0 Å². The first-order valence-corrected chi connectivity index (χ1v) is 7.14. The van der Waals surface area contributed by atoms with Gasteiger partial charge in [0.2, 0.25) is 0 Å². The fourth-order valence-electron chi connectivity index (χ4n) is 2.30. The van der Waals surface area contributed by atoms with Gasteiger partial charge in [-0.3, -0.25) is 4.79 Å². The van der Waals surface area contributed by atoms with Crippen molar-refractivity contribution in [2.45, 2.75) is 6.18 Å². The predicted molar refractivity (Wildman–Crippen MR) is 81.3 cm³/mol. The van der Waals surface area contributed by atoms with E-state index in [1.807, 2.05) is 0 Å². The summed E-state index contributed by atoms with van der Waals surface area (Å²) in [4.78, 5) is 15.9. The molecule has 0 aliphatic carbocycles. The number of oxazole rings is 1. The van der Waals surface area contributed by atoms with E-state index in [1.165, 1.54) is 12.1 Å². The summed E-state index contributed by atoms with van der Waals surface area (Å²) in [5, 5.41) is 2.12. The third kappa shape index (κ3) is 3.41. The molecule has 0 radical (unpaired) electrons. The molecule has 1 N–H and O–H groups in total. The fraction of sp³-hybridized carbons (Fsp3) is 0.0588. The molecule has 3 rings (SSSR count). The van der Waals surface area contributed by atoms with Crippen LogP contribution in [0.5, 0.6) is 0 Å². The van der Waals surface area contributed by atoms with Gasteiger partial charge in [-0.05, 0) is 18.2 Å². The van der Waals surface area contributed by atoms with Gasteiger partial charge in [0.05, 0.1) is 11.3 Å². The van der Waals surface area contributed by atoms with Gasteiger partial charge in [0.15, 0.2) is 17.8 Å². The van der Waals surface area contributed by atoms with Crippen LogP contribution in [-0.2, 0) is 6.18 Å². The summed E-state index contributed by atoms with van der Waals surface area (Å²) in [6, 6.07) is 6.94. The van der Waals surface area contributed by atoms with Gasteiger partial charge in [-0.15, -0.1) is 0 Å². The molecule has 9 heteroatoms. The molecular formula is C17H9F5N2O2. The van der Waals surface area contributed by atoms with Crippen LogP contribution >= 0.6 is 0 Å². The number of alkyl halides is 3. The minimum absolute atomic E-state index is 0.352. The van der Waals surface area contributed by atoms with E-state index in [4.69, 9.17) is 4.42 Å². The number of aromatic nitrogens is 1. The molecule has 134 valence electrons. The van der Waals surface area contributed by atoms with E-state index in [0.717, 1.165) is 30.7 Å². The summed E-state index contributed by atoms with van der Waals surface area (Å²) < 4.78 is 71.0. The minimum atomic E-state index is -4.68. The molecule has 0 saturated heterocycles. The van der Waals surface area contributed by atoms with Crippen molar-refractivity contribution in [3.8, 4) is 11.3 Å². The maximum atomic E-state index is 13.6. The molecule has 0 atom stereocenters. The van der Waals surface area contributed by atoms with Crippen molar-refractivity contribution < 1.29 is 31.2 Å². The lowest BCUT2D eigenvalue weighted by Gasteiger charge is -2.11. The van der Waals surface area contributed by atoms with Crippen molar-refractivity contribution in [1.29, 1.82) is 0 Å². The van der Waals surface area contributed by atoms with E-state index in [-0.39, 0.29) is 11.3 Å². The van der Waals surface area contributed by atoms with Gasteiger partial charge in [-0.1, -0.05) is 18.2 Å². The second kappa shape index (κ2) is 6.58. The monoisotopic (exact) mass is 368 g/mol. The molecule has 26 heavy (non-hydrogen) atoms. The molecule has 4 nitrogen and oxygen atoms in total. The summed E-state index contributed by atoms with van der Waals surface area (Å²) in [6.07, 6.45) is -3.88. The van der Waals surface area contributed by atoms with E-state index >= 15 is 0 Å². The number of hydrogen-bond donors (Lipinski definition) is 1. The van der Waals surface area contributed by atoms with Crippen LogP contribution in [0.3, 0.4) is 0 Å². The summed E-state index contributed by atoms with van der Waals surface area (Å²) in [7, 11) is 0.